The van der Waals surface area contributed by atoms with Gasteiger partial charge in [-0.25, -0.2) is 17.2 Å². The number of rotatable bonds is 4. The summed E-state index contributed by atoms with van der Waals surface area (Å²) in [5.74, 6) is -7.46. The number of halogens is 5. The van der Waals surface area contributed by atoms with Crippen LogP contribution in [0.2, 0.25) is 0 Å². The lowest BCUT2D eigenvalue weighted by atomic mass is 10.1. The van der Waals surface area contributed by atoms with Crippen molar-refractivity contribution in [2.45, 2.75) is 48.0 Å². The number of fused-ring (bicyclic) bond motifs is 1. The zero-order valence-electron chi connectivity index (χ0n) is 13.3. The van der Waals surface area contributed by atoms with Gasteiger partial charge in [-0.15, -0.1) is 0 Å². The highest BCUT2D eigenvalue weighted by Gasteiger charge is 2.51. The summed E-state index contributed by atoms with van der Waals surface area (Å²) in [5, 5.41) is 9.83. The van der Waals surface area contributed by atoms with Crippen LogP contribution < -0.4 is 4.74 Å². The first-order valence-corrected chi connectivity index (χ1v) is 9.17. The maximum Gasteiger partial charge on any atom is 0.341 e. The zero-order valence-corrected chi connectivity index (χ0v) is 14.1. The van der Waals surface area contributed by atoms with Crippen molar-refractivity contribution in [3.05, 3.63) is 23.3 Å². The summed E-state index contributed by atoms with van der Waals surface area (Å²) in [4.78, 5) is -0.985. The molecule has 0 spiro atoms. The molecule has 2 aliphatic rings. The molecule has 1 atom stereocenters. The van der Waals surface area contributed by atoms with Gasteiger partial charge in [0.2, 0.25) is 9.84 Å². The quantitative estimate of drug-likeness (QED) is 0.782. The van der Waals surface area contributed by atoms with Gasteiger partial charge in [0.15, 0.2) is 0 Å². The summed E-state index contributed by atoms with van der Waals surface area (Å²) in [6.07, 6.45) is -2.74. The van der Waals surface area contributed by atoms with Crippen LogP contribution in [0.15, 0.2) is 17.0 Å². The van der Waals surface area contributed by atoms with Crippen LogP contribution in [0.3, 0.4) is 0 Å². The molecule has 0 amide bonds. The molecule has 0 bridgehead atoms. The fourth-order valence-electron chi connectivity index (χ4n) is 3.08. The average molecular weight is 404 g/mol. The van der Waals surface area contributed by atoms with Gasteiger partial charge in [0.25, 0.3) is 5.92 Å². The predicted molar refractivity (Wildman–Crippen MR) is 80.2 cm³/mol. The molecule has 1 N–H and O–H groups in total. The van der Waals surface area contributed by atoms with Crippen molar-refractivity contribution in [1.29, 1.82) is 0 Å². The Morgan fingerprint density at radius 2 is 1.85 bits per heavy atom. The molecule has 1 aromatic carbocycles. The minimum absolute atomic E-state index is 0. The Bertz CT molecular complexity index is 762. The molecule has 1 aliphatic heterocycles. The maximum absolute atomic E-state index is 14.0. The second-order valence-electron chi connectivity index (χ2n) is 6.03. The molecule has 0 aromatic heterocycles. The number of sulfone groups is 1. The molecule has 1 aromatic rings. The minimum Gasteiger partial charge on any atom is -0.490 e. The molecule has 3 rings (SSSR count). The van der Waals surface area contributed by atoms with E-state index in [4.69, 9.17) is 9.47 Å². The largest absolute Gasteiger partial charge is 0.490 e. The molecule has 11 heteroatoms. The van der Waals surface area contributed by atoms with Crippen molar-refractivity contribution in [1.82, 2.24) is 0 Å². The Hall–Kier alpha value is -1.46. The van der Waals surface area contributed by atoms with Crippen molar-refractivity contribution < 1.29 is 45.3 Å². The van der Waals surface area contributed by atoms with Crippen LogP contribution in [0.1, 0.15) is 30.1 Å². The third-order valence-corrected chi connectivity index (χ3v) is 5.80. The molecule has 0 unspecified atom stereocenters. The average Bonchev–Trinajstić information content (AvgIpc) is 2.79. The van der Waals surface area contributed by atoms with Gasteiger partial charge < -0.3 is 14.6 Å². The normalized spacial score (nSPS) is 22.8. The maximum atomic E-state index is 14.0. The number of hydrogen-bond acceptors (Lipinski definition) is 5. The molecule has 1 saturated heterocycles. The Labute approximate surface area is 146 Å². The monoisotopic (exact) mass is 404 g/mol. The number of ether oxygens (including phenoxy) is 2. The van der Waals surface area contributed by atoms with Gasteiger partial charge in [-0.05, 0) is 12.1 Å². The van der Waals surface area contributed by atoms with Crippen molar-refractivity contribution in [3.8, 4) is 5.75 Å². The molecule has 1 fully saturated rings. The Morgan fingerprint density at radius 3 is 2.42 bits per heavy atom. The van der Waals surface area contributed by atoms with Crippen molar-refractivity contribution in [2.75, 3.05) is 13.2 Å². The minimum atomic E-state index is -5.14. The lowest BCUT2D eigenvalue weighted by molar-refractivity contribution is -0.0977. The van der Waals surface area contributed by atoms with Crippen molar-refractivity contribution >= 4 is 9.84 Å². The Morgan fingerprint density at radius 1 is 1.23 bits per heavy atom. The van der Waals surface area contributed by atoms with E-state index in [0.717, 1.165) is 12.1 Å². The van der Waals surface area contributed by atoms with E-state index in [-0.39, 0.29) is 22.1 Å². The van der Waals surface area contributed by atoms with E-state index in [1.54, 1.807) is 0 Å². The number of benzene rings is 1. The molecule has 0 saturated carbocycles. The van der Waals surface area contributed by atoms with E-state index in [0.29, 0.717) is 26.1 Å². The molecule has 26 heavy (non-hydrogen) atoms. The zero-order chi connectivity index (χ0) is 18.4. The van der Waals surface area contributed by atoms with E-state index in [1.165, 1.54) is 0 Å². The van der Waals surface area contributed by atoms with Crippen LogP contribution in [0, 0.1) is 0 Å². The molecular formula is C15H17F5O5S. The molecule has 5 nitrogen and oxygen atoms in total. The smallest absolute Gasteiger partial charge is 0.341 e. The summed E-state index contributed by atoms with van der Waals surface area (Å²) in [5.41, 5.74) is -0.944. The van der Waals surface area contributed by atoms with Gasteiger partial charge in [0.1, 0.15) is 18.0 Å². The van der Waals surface area contributed by atoms with Gasteiger partial charge >= 0.3 is 5.76 Å². The fraction of sp³-hybridized carbons (Fsp3) is 0.600. The Balaban J connectivity index is 0.00000243. The third-order valence-electron chi connectivity index (χ3n) is 4.36. The van der Waals surface area contributed by atoms with E-state index in [9.17, 15) is 31.1 Å². The second-order valence-corrected chi connectivity index (χ2v) is 7.92. The molecule has 1 heterocycles. The summed E-state index contributed by atoms with van der Waals surface area (Å²) in [7, 11) is -5.14. The van der Waals surface area contributed by atoms with Gasteiger partial charge in [-0.1, -0.05) is 0 Å². The van der Waals surface area contributed by atoms with Crippen LogP contribution in [-0.2, 0) is 21.0 Å². The van der Waals surface area contributed by atoms with Crippen LogP contribution >= 0.6 is 0 Å². The van der Waals surface area contributed by atoms with Gasteiger partial charge in [0.05, 0.1) is 18.1 Å². The summed E-state index contributed by atoms with van der Waals surface area (Å²) in [6, 6.07) is 1.89. The molecule has 1 aliphatic carbocycles. The topological polar surface area (TPSA) is 72.8 Å². The first-order valence-electron chi connectivity index (χ1n) is 7.62. The number of alkyl halides is 4. The first kappa shape index (κ1) is 20.8. The van der Waals surface area contributed by atoms with E-state index in [1.807, 2.05) is 0 Å². The highest BCUT2D eigenvalue weighted by molar-refractivity contribution is 7.91. The Kier molecular flexibility index (Phi) is 5.83. The molecular weight excluding hydrogens is 387 g/mol. The van der Waals surface area contributed by atoms with E-state index in [2.05, 4.69) is 0 Å². The highest BCUT2D eigenvalue weighted by atomic mass is 32.2. The molecule has 148 valence electrons. The number of aliphatic hydroxyl groups excluding tert-OH is 1. The number of hydrogen-bond donors (Lipinski definition) is 1. The summed E-state index contributed by atoms with van der Waals surface area (Å²) < 4.78 is 88.0. The first-order chi connectivity index (χ1) is 11.6. The van der Waals surface area contributed by atoms with Crippen LogP contribution in [0.5, 0.6) is 5.75 Å². The van der Waals surface area contributed by atoms with E-state index < -0.39 is 44.5 Å². The van der Waals surface area contributed by atoms with Crippen molar-refractivity contribution in [3.63, 3.8) is 0 Å². The lowest BCUT2D eigenvalue weighted by Gasteiger charge is -2.25. The third kappa shape index (κ3) is 3.52. The summed E-state index contributed by atoms with van der Waals surface area (Å²) >= 11 is 0. The van der Waals surface area contributed by atoms with E-state index >= 15 is 0 Å². The molecule has 0 radical (unpaired) electrons. The lowest BCUT2D eigenvalue weighted by Crippen LogP contribution is -2.26. The van der Waals surface area contributed by atoms with Gasteiger partial charge in [-0.3, -0.25) is 4.70 Å². The van der Waals surface area contributed by atoms with Crippen molar-refractivity contribution in [2.24, 2.45) is 0 Å². The standard InChI is InChI=1S/C15H16F4O5S.FH/c16-14(17)25(21,22)11-2-1-10(24-8-3-5-23-6-4-8)9-7-15(18,19)13(20)12(9)11;/h1-2,8,13-14,20H,3-7H2;1H/t13-;/m0./s1. The predicted octanol–water partition coefficient (Wildman–Crippen LogP) is 2.62. The fourth-order valence-corrected chi connectivity index (χ4v) is 4.07. The number of aliphatic hydroxyl groups is 1. The van der Waals surface area contributed by atoms with Crippen LogP contribution in [0.4, 0.5) is 22.3 Å². The second kappa shape index (κ2) is 7.28. The van der Waals surface area contributed by atoms with Crippen LogP contribution in [0.25, 0.3) is 0 Å². The van der Waals surface area contributed by atoms with Gasteiger partial charge in [-0.2, -0.15) is 8.78 Å². The SMILES string of the molecule is F.O=S(=O)(c1ccc(OC2CCOCC2)c2c1[C@H](O)C(F)(F)C2)C(F)F. The van der Waals surface area contributed by atoms with Gasteiger partial charge in [0, 0.05) is 30.4 Å². The summed E-state index contributed by atoms with van der Waals surface area (Å²) in [6.45, 7) is 0.868. The highest BCUT2D eigenvalue weighted by Crippen LogP contribution is 2.49. The van der Waals surface area contributed by atoms with Crippen LogP contribution in [-0.4, -0.2) is 44.5 Å².